The average Bonchev–Trinajstić information content (AvgIpc) is 2.94. The van der Waals surface area contributed by atoms with Crippen LogP contribution in [0.15, 0.2) is 24.3 Å². The van der Waals surface area contributed by atoms with Crippen molar-refractivity contribution in [1.82, 2.24) is 0 Å². The molecule has 0 N–H and O–H groups in total. The number of nitrogens with zero attached hydrogens (tertiary/aromatic N) is 1. The molecule has 1 aromatic rings. The Kier molecular flexibility index (Phi) is 3.39. The number of rotatable bonds is 2. The molecule has 1 atom stereocenters. The fourth-order valence-corrected chi connectivity index (χ4v) is 3.60. The maximum absolute atomic E-state index is 12.4. The second-order valence-electron chi connectivity index (χ2n) is 5.57. The first-order chi connectivity index (χ1) is 10.6. The van der Waals surface area contributed by atoms with E-state index in [9.17, 15) is 14.4 Å². The van der Waals surface area contributed by atoms with Crippen LogP contribution in [0.2, 0.25) is 0 Å². The van der Waals surface area contributed by atoms with Crippen LogP contribution in [0.3, 0.4) is 0 Å². The van der Waals surface area contributed by atoms with E-state index in [1.54, 1.807) is 4.90 Å². The number of para-hydroxylation sites is 1. The molecule has 1 saturated heterocycles. The number of carbonyl (C=O) groups is 3. The molecular formula is C16H17NO5. The van der Waals surface area contributed by atoms with Crippen molar-refractivity contribution in [3.8, 4) is 0 Å². The second-order valence-corrected chi connectivity index (χ2v) is 5.57. The Bertz CT molecular complexity index is 638. The van der Waals surface area contributed by atoms with E-state index in [2.05, 4.69) is 0 Å². The van der Waals surface area contributed by atoms with Crippen LogP contribution in [0.5, 0.6) is 0 Å². The molecule has 6 nitrogen and oxygen atoms in total. The number of hydrogen-bond acceptors (Lipinski definition) is 5. The molecule has 2 heterocycles. The number of ether oxygens (including phenoxy) is 2. The number of piperidine rings is 1. The zero-order chi connectivity index (χ0) is 15.9. The largest absolute Gasteiger partial charge is 0.468 e. The van der Waals surface area contributed by atoms with Crippen molar-refractivity contribution in [1.29, 1.82) is 0 Å². The van der Waals surface area contributed by atoms with E-state index in [0.717, 1.165) is 11.3 Å². The predicted octanol–water partition coefficient (Wildman–Crippen LogP) is 1.07. The summed E-state index contributed by atoms with van der Waals surface area (Å²) in [6, 6.07) is 6.85. The lowest BCUT2D eigenvalue weighted by molar-refractivity contribution is -0.173. The van der Waals surface area contributed by atoms with Crippen molar-refractivity contribution in [2.45, 2.75) is 25.3 Å². The molecule has 0 spiro atoms. The van der Waals surface area contributed by atoms with E-state index in [1.807, 2.05) is 24.3 Å². The zero-order valence-corrected chi connectivity index (χ0v) is 12.5. The monoisotopic (exact) mass is 303 g/mol. The van der Waals surface area contributed by atoms with Gasteiger partial charge in [0.15, 0.2) is 5.41 Å². The molecular weight excluding hydrogens is 286 g/mol. The lowest BCUT2D eigenvalue weighted by Gasteiger charge is -2.42. The van der Waals surface area contributed by atoms with E-state index < -0.39 is 23.4 Å². The molecule has 0 radical (unpaired) electrons. The van der Waals surface area contributed by atoms with Crippen LogP contribution in [0.25, 0.3) is 0 Å². The molecule has 0 bridgehead atoms. The normalized spacial score (nSPS) is 21.8. The number of methoxy groups -OCH3 is 2. The SMILES string of the molecule is COC(=O)C1(C(=O)OC)CCC(=O)N2c3ccccc3CC21. The van der Waals surface area contributed by atoms with E-state index in [1.165, 1.54) is 14.2 Å². The number of anilines is 1. The van der Waals surface area contributed by atoms with Gasteiger partial charge in [-0.15, -0.1) is 0 Å². The van der Waals surface area contributed by atoms with Gasteiger partial charge in [0.25, 0.3) is 0 Å². The Hall–Kier alpha value is -2.37. The van der Waals surface area contributed by atoms with Crippen LogP contribution < -0.4 is 4.90 Å². The number of amides is 1. The van der Waals surface area contributed by atoms with Gasteiger partial charge in [0.2, 0.25) is 5.91 Å². The predicted molar refractivity (Wildman–Crippen MR) is 77.1 cm³/mol. The van der Waals surface area contributed by atoms with Gasteiger partial charge in [0.1, 0.15) is 0 Å². The van der Waals surface area contributed by atoms with E-state index in [0.29, 0.717) is 6.42 Å². The zero-order valence-electron chi connectivity index (χ0n) is 12.5. The Morgan fingerprint density at radius 2 is 1.82 bits per heavy atom. The van der Waals surface area contributed by atoms with E-state index >= 15 is 0 Å². The topological polar surface area (TPSA) is 72.9 Å². The number of hydrogen-bond donors (Lipinski definition) is 0. The van der Waals surface area contributed by atoms with Gasteiger partial charge in [0.05, 0.1) is 20.3 Å². The molecule has 1 aromatic carbocycles. The summed E-state index contributed by atoms with van der Waals surface area (Å²) in [7, 11) is 2.49. The van der Waals surface area contributed by atoms with Gasteiger partial charge in [-0.3, -0.25) is 14.4 Å². The van der Waals surface area contributed by atoms with Crippen molar-refractivity contribution in [2.75, 3.05) is 19.1 Å². The third-order valence-electron chi connectivity index (χ3n) is 4.65. The standard InChI is InChI=1S/C16H17NO5/c1-21-14(19)16(15(20)22-2)8-7-13(18)17-11-6-4-3-5-10(11)9-12(16)17/h3-6,12H,7-9H2,1-2H3. The molecule has 22 heavy (non-hydrogen) atoms. The van der Waals surface area contributed by atoms with E-state index in [-0.39, 0.29) is 18.7 Å². The first-order valence-electron chi connectivity index (χ1n) is 7.13. The molecule has 2 aliphatic heterocycles. The summed E-state index contributed by atoms with van der Waals surface area (Å²) in [6.45, 7) is 0. The Labute approximate surface area is 128 Å². The molecule has 1 amide bonds. The minimum Gasteiger partial charge on any atom is -0.468 e. The molecule has 0 saturated carbocycles. The quantitative estimate of drug-likeness (QED) is 0.603. The summed E-state index contributed by atoms with van der Waals surface area (Å²) >= 11 is 0. The third kappa shape index (κ3) is 1.76. The second kappa shape index (κ2) is 5.12. The summed E-state index contributed by atoms with van der Waals surface area (Å²) in [5.74, 6) is -1.37. The lowest BCUT2D eigenvalue weighted by Crippen LogP contribution is -2.61. The van der Waals surface area contributed by atoms with Gasteiger partial charge in [-0.1, -0.05) is 18.2 Å². The van der Waals surface area contributed by atoms with Crippen molar-refractivity contribution in [2.24, 2.45) is 5.41 Å². The fraction of sp³-hybridized carbons (Fsp3) is 0.438. The van der Waals surface area contributed by atoms with Crippen molar-refractivity contribution in [3.05, 3.63) is 29.8 Å². The third-order valence-corrected chi connectivity index (χ3v) is 4.65. The molecule has 116 valence electrons. The molecule has 1 fully saturated rings. The Morgan fingerprint density at radius 1 is 1.18 bits per heavy atom. The maximum Gasteiger partial charge on any atom is 0.325 e. The summed E-state index contributed by atoms with van der Waals surface area (Å²) in [5, 5.41) is 0. The van der Waals surface area contributed by atoms with Crippen molar-refractivity contribution < 1.29 is 23.9 Å². The van der Waals surface area contributed by atoms with Gasteiger partial charge in [0, 0.05) is 12.1 Å². The molecule has 2 aliphatic rings. The van der Waals surface area contributed by atoms with Crippen LogP contribution in [-0.4, -0.2) is 38.1 Å². The van der Waals surface area contributed by atoms with Crippen LogP contribution >= 0.6 is 0 Å². The molecule has 3 rings (SSSR count). The Morgan fingerprint density at radius 3 is 2.45 bits per heavy atom. The average molecular weight is 303 g/mol. The lowest BCUT2D eigenvalue weighted by atomic mass is 9.72. The number of fused-ring (bicyclic) bond motifs is 3. The first-order valence-corrected chi connectivity index (χ1v) is 7.13. The summed E-state index contributed by atoms with van der Waals surface area (Å²) < 4.78 is 9.76. The number of carbonyl (C=O) groups excluding carboxylic acids is 3. The molecule has 6 heteroatoms. The highest BCUT2D eigenvalue weighted by Crippen LogP contribution is 2.47. The molecule has 1 unspecified atom stereocenters. The number of benzene rings is 1. The molecule has 0 aromatic heterocycles. The van der Waals surface area contributed by atoms with Gasteiger partial charge in [-0.2, -0.15) is 0 Å². The van der Waals surface area contributed by atoms with Gasteiger partial charge in [-0.05, 0) is 24.5 Å². The van der Waals surface area contributed by atoms with Gasteiger partial charge < -0.3 is 14.4 Å². The summed E-state index contributed by atoms with van der Waals surface area (Å²) in [6.07, 6.45) is 0.654. The van der Waals surface area contributed by atoms with Crippen molar-refractivity contribution in [3.63, 3.8) is 0 Å². The number of esters is 2. The van der Waals surface area contributed by atoms with Gasteiger partial charge in [-0.25, -0.2) is 0 Å². The highest BCUT2D eigenvalue weighted by Gasteiger charge is 2.61. The Balaban J connectivity index is 2.13. The molecule has 0 aliphatic carbocycles. The van der Waals surface area contributed by atoms with Crippen LogP contribution in [0.4, 0.5) is 5.69 Å². The van der Waals surface area contributed by atoms with Crippen LogP contribution in [0.1, 0.15) is 18.4 Å². The van der Waals surface area contributed by atoms with Crippen molar-refractivity contribution >= 4 is 23.5 Å². The van der Waals surface area contributed by atoms with Crippen LogP contribution in [0, 0.1) is 5.41 Å². The van der Waals surface area contributed by atoms with Gasteiger partial charge >= 0.3 is 11.9 Å². The minimum absolute atomic E-state index is 0.0848. The van der Waals surface area contributed by atoms with E-state index in [4.69, 9.17) is 9.47 Å². The van der Waals surface area contributed by atoms with Crippen LogP contribution in [-0.2, 0) is 30.3 Å². The summed E-state index contributed by atoms with van der Waals surface area (Å²) in [5.41, 5.74) is 0.241. The smallest absolute Gasteiger partial charge is 0.325 e. The highest BCUT2D eigenvalue weighted by atomic mass is 16.5. The minimum atomic E-state index is -1.46. The first kappa shape index (κ1) is 14.6. The maximum atomic E-state index is 12.4. The summed E-state index contributed by atoms with van der Waals surface area (Å²) in [4.78, 5) is 38.8. The highest BCUT2D eigenvalue weighted by molar-refractivity contribution is 6.08. The fourth-order valence-electron chi connectivity index (χ4n) is 3.60.